The standard InChI is InChI=1S/C30H36N2O/c1-4-12-28(30-23(3)27-15-8-9-16-29(27)33-30)32(20-11-10-19-31-5-2)22-24-17-18-25-13-6-7-14-26(25)21-24/h6-9,12-18,21,31H,4-5,10-11,19-20,22H2,1-3H3/b28-12+. The van der Waals surface area contributed by atoms with Crippen LogP contribution in [-0.2, 0) is 6.54 Å². The maximum Gasteiger partial charge on any atom is 0.154 e. The van der Waals surface area contributed by atoms with Crippen molar-refractivity contribution in [2.45, 2.75) is 46.6 Å². The Morgan fingerprint density at radius 3 is 2.52 bits per heavy atom. The SMILES string of the molecule is CC/C=C(\c1oc2ccccc2c1C)N(CCCCNCC)Cc1ccc2ccccc2c1. The van der Waals surface area contributed by atoms with Crippen molar-refractivity contribution in [2.24, 2.45) is 0 Å². The lowest BCUT2D eigenvalue weighted by Gasteiger charge is -2.27. The first-order valence-corrected chi connectivity index (χ1v) is 12.3. The molecule has 0 atom stereocenters. The van der Waals surface area contributed by atoms with Crippen LogP contribution in [0.25, 0.3) is 27.4 Å². The molecule has 0 unspecified atom stereocenters. The largest absolute Gasteiger partial charge is 0.454 e. The molecule has 1 N–H and O–H groups in total. The fourth-order valence-corrected chi connectivity index (χ4v) is 4.55. The molecule has 3 heteroatoms. The maximum absolute atomic E-state index is 6.43. The highest BCUT2D eigenvalue weighted by Crippen LogP contribution is 2.33. The Hall–Kier alpha value is -3.04. The Bertz CT molecular complexity index is 1220. The third-order valence-electron chi connectivity index (χ3n) is 6.28. The van der Waals surface area contributed by atoms with Gasteiger partial charge in [-0.05, 0) is 67.7 Å². The van der Waals surface area contributed by atoms with E-state index in [0.717, 1.165) is 50.4 Å². The number of unbranched alkanes of at least 4 members (excludes halogenated alkanes) is 1. The van der Waals surface area contributed by atoms with Gasteiger partial charge >= 0.3 is 0 Å². The summed E-state index contributed by atoms with van der Waals surface area (Å²) in [5.74, 6) is 1.01. The first kappa shape index (κ1) is 23.1. The van der Waals surface area contributed by atoms with Gasteiger partial charge in [0, 0.05) is 24.0 Å². The van der Waals surface area contributed by atoms with Gasteiger partial charge in [-0.2, -0.15) is 0 Å². The number of rotatable bonds is 11. The smallest absolute Gasteiger partial charge is 0.154 e. The van der Waals surface area contributed by atoms with Crippen molar-refractivity contribution in [3.05, 3.63) is 89.7 Å². The zero-order valence-electron chi connectivity index (χ0n) is 20.2. The van der Waals surface area contributed by atoms with Gasteiger partial charge in [0.05, 0.1) is 5.70 Å². The van der Waals surface area contributed by atoms with Crippen molar-refractivity contribution in [1.82, 2.24) is 10.2 Å². The van der Waals surface area contributed by atoms with Crippen LogP contribution in [0.15, 0.2) is 77.2 Å². The van der Waals surface area contributed by atoms with Crippen LogP contribution in [0.3, 0.4) is 0 Å². The molecule has 3 nitrogen and oxygen atoms in total. The van der Waals surface area contributed by atoms with E-state index in [-0.39, 0.29) is 0 Å². The van der Waals surface area contributed by atoms with Gasteiger partial charge < -0.3 is 14.6 Å². The van der Waals surface area contributed by atoms with E-state index in [1.54, 1.807) is 0 Å². The van der Waals surface area contributed by atoms with Crippen molar-refractivity contribution in [2.75, 3.05) is 19.6 Å². The molecule has 0 aliphatic rings. The Morgan fingerprint density at radius 1 is 0.939 bits per heavy atom. The molecule has 1 aromatic heterocycles. The topological polar surface area (TPSA) is 28.4 Å². The molecule has 4 aromatic rings. The summed E-state index contributed by atoms with van der Waals surface area (Å²) in [6, 6.07) is 23.8. The molecule has 4 rings (SSSR count). The third kappa shape index (κ3) is 5.48. The minimum atomic E-state index is 0.869. The molecule has 3 aromatic carbocycles. The predicted molar refractivity (Wildman–Crippen MR) is 141 cm³/mol. The number of aryl methyl sites for hydroxylation is 1. The summed E-state index contributed by atoms with van der Waals surface area (Å²) in [6.07, 6.45) is 5.61. The van der Waals surface area contributed by atoms with E-state index in [0.29, 0.717) is 0 Å². The zero-order valence-corrected chi connectivity index (χ0v) is 20.2. The molecule has 0 aliphatic heterocycles. The Labute approximate surface area is 198 Å². The normalized spacial score (nSPS) is 12.0. The Morgan fingerprint density at radius 2 is 1.73 bits per heavy atom. The van der Waals surface area contributed by atoms with Gasteiger partial charge in [0.15, 0.2) is 5.76 Å². The van der Waals surface area contributed by atoms with Crippen LogP contribution in [0, 0.1) is 6.92 Å². The highest BCUT2D eigenvalue weighted by atomic mass is 16.3. The van der Waals surface area contributed by atoms with Gasteiger partial charge in [0.1, 0.15) is 5.58 Å². The number of furan rings is 1. The second kappa shape index (κ2) is 11.2. The van der Waals surface area contributed by atoms with Crippen molar-refractivity contribution in [1.29, 1.82) is 0 Å². The summed E-state index contributed by atoms with van der Waals surface area (Å²) in [5.41, 5.74) is 4.73. The van der Waals surface area contributed by atoms with Crippen LogP contribution >= 0.6 is 0 Å². The van der Waals surface area contributed by atoms with E-state index in [9.17, 15) is 0 Å². The summed E-state index contributed by atoms with van der Waals surface area (Å²) in [4.78, 5) is 2.52. The second-order valence-corrected chi connectivity index (χ2v) is 8.71. The average molecular weight is 441 g/mol. The van der Waals surface area contributed by atoms with Gasteiger partial charge in [0.2, 0.25) is 0 Å². The molecule has 1 heterocycles. The second-order valence-electron chi connectivity index (χ2n) is 8.71. The molecule has 172 valence electrons. The number of hydrogen-bond donors (Lipinski definition) is 1. The van der Waals surface area contributed by atoms with Gasteiger partial charge in [0.25, 0.3) is 0 Å². The molecular formula is C30H36N2O. The number of benzene rings is 3. The molecule has 0 saturated heterocycles. The van der Waals surface area contributed by atoms with E-state index in [1.165, 1.54) is 39.4 Å². The van der Waals surface area contributed by atoms with E-state index in [2.05, 4.69) is 97.7 Å². The molecule has 0 aliphatic carbocycles. The number of hydrogen-bond acceptors (Lipinski definition) is 3. The summed E-state index contributed by atoms with van der Waals surface area (Å²) >= 11 is 0. The Balaban J connectivity index is 1.66. The lowest BCUT2D eigenvalue weighted by atomic mass is 10.1. The number of allylic oxidation sites excluding steroid dienone is 1. The van der Waals surface area contributed by atoms with Crippen molar-refractivity contribution < 1.29 is 4.42 Å². The van der Waals surface area contributed by atoms with Crippen LogP contribution in [-0.4, -0.2) is 24.5 Å². The van der Waals surface area contributed by atoms with Crippen molar-refractivity contribution in [3.63, 3.8) is 0 Å². The number of para-hydroxylation sites is 1. The number of nitrogens with one attached hydrogen (secondary N) is 1. The predicted octanol–water partition coefficient (Wildman–Crippen LogP) is 7.54. The first-order chi connectivity index (χ1) is 16.2. The van der Waals surface area contributed by atoms with Crippen LogP contribution in [0.2, 0.25) is 0 Å². The molecule has 33 heavy (non-hydrogen) atoms. The quantitative estimate of drug-likeness (QED) is 0.244. The van der Waals surface area contributed by atoms with E-state index >= 15 is 0 Å². The Kier molecular flexibility index (Phi) is 7.85. The van der Waals surface area contributed by atoms with Crippen molar-refractivity contribution in [3.8, 4) is 0 Å². The van der Waals surface area contributed by atoms with Gasteiger partial charge in [-0.15, -0.1) is 0 Å². The third-order valence-corrected chi connectivity index (χ3v) is 6.28. The van der Waals surface area contributed by atoms with Crippen LogP contribution in [0.5, 0.6) is 0 Å². The van der Waals surface area contributed by atoms with Crippen LogP contribution in [0.4, 0.5) is 0 Å². The van der Waals surface area contributed by atoms with Gasteiger partial charge in [-0.1, -0.05) is 74.5 Å². The number of fused-ring (bicyclic) bond motifs is 2. The molecule has 0 radical (unpaired) electrons. The maximum atomic E-state index is 6.43. The minimum absolute atomic E-state index is 0.869. The van der Waals surface area contributed by atoms with E-state index in [1.807, 2.05) is 6.07 Å². The molecule has 0 bridgehead atoms. The average Bonchev–Trinajstić information content (AvgIpc) is 3.18. The fourth-order valence-electron chi connectivity index (χ4n) is 4.55. The molecule has 0 fully saturated rings. The van der Waals surface area contributed by atoms with Crippen molar-refractivity contribution >= 4 is 27.4 Å². The number of nitrogens with zero attached hydrogens (tertiary/aromatic N) is 1. The fraction of sp³-hybridized carbons (Fsp3) is 0.333. The highest BCUT2D eigenvalue weighted by molar-refractivity contribution is 5.86. The summed E-state index contributed by atoms with van der Waals surface area (Å²) < 4.78 is 6.43. The molecule has 0 saturated carbocycles. The minimum Gasteiger partial charge on any atom is -0.454 e. The molecule has 0 spiro atoms. The lowest BCUT2D eigenvalue weighted by Crippen LogP contribution is -2.24. The van der Waals surface area contributed by atoms with E-state index < -0.39 is 0 Å². The van der Waals surface area contributed by atoms with Crippen LogP contribution in [0.1, 0.15) is 50.0 Å². The lowest BCUT2D eigenvalue weighted by molar-refractivity contribution is 0.365. The monoisotopic (exact) mass is 440 g/mol. The summed E-state index contributed by atoms with van der Waals surface area (Å²) in [5, 5.41) is 7.24. The zero-order chi connectivity index (χ0) is 23.0. The van der Waals surface area contributed by atoms with Gasteiger partial charge in [-0.25, -0.2) is 0 Å². The van der Waals surface area contributed by atoms with Crippen LogP contribution < -0.4 is 5.32 Å². The summed E-state index contributed by atoms with van der Waals surface area (Å²) in [7, 11) is 0. The molecular weight excluding hydrogens is 404 g/mol. The summed E-state index contributed by atoms with van der Waals surface area (Å²) in [6.45, 7) is 10.5. The highest BCUT2D eigenvalue weighted by Gasteiger charge is 2.20. The first-order valence-electron chi connectivity index (χ1n) is 12.3. The van der Waals surface area contributed by atoms with Gasteiger partial charge in [-0.3, -0.25) is 0 Å². The van der Waals surface area contributed by atoms with E-state index in [4.69, 9.17) is 4.42 Å². The molecule has 0 amide bonds.